The van der Waals surface area contributed by atoms with E-state index in [1.54, 1.807) is 22.6 Å². The molecule has 34 heavy (non-hydrogen) atoms. The number of nitrogens with zero attached hydrogens (tertiary/aromatic N) is 3. The Morgan fingerprint density at radius 3 is 1.85 bits per heavy atom. The van der Waals surface area contributed by atoms with Crippen LogP contribution in [0.4, 0.5) is 11.4 Å². The molecule has 2 N–H and O–H groups in total. The van der Waals surface area contributed by atoms with Crippen molar-refractivity contribution in [2.45, 2.75) is 37.8 Å². The van der Waals surface area contributed by atoms with Crippen molar-refractivity contribution in [1.29, 1.82) is 0 Å². The molecule has 1 unspecified atom stereocenters. The Labute approximate surface area is 226 Å². The molecule has 2 aliphatic heterocycles. The summed E-state index contributed by atoms with van der Waals surface area (Å²) in [5.74, 6) is 1.79. The van der Waals surface area contributed by atoms with Crippen molar-refractivity contribution in [2.24, 2.45) is 4.99 Å². The number of isothiocyanates is 1. The van der Waals surface area contributed by atoms with Crippen molar-refractivity contribution in [3.05, 3.63) is 48.5 Å². The van der Waals surface area contributed by atoms with E-state index in [2.05, 4.69) is 46.3 Å². The van der Waals surface area contributed by atoms with E-state index in [9.17, 15) is 0 Å². The molecule has 2 fully saturated rings. The lowest BCUT2D eigenvalue weighted by atomic mass is 10.2. The van der Waals surface area contributed by atoms with Crippen molar-refractivity contribution in [2.75, 3.05) is 51.0 Å². The molecular formula is C26H37IN4O2S. The number of halogens is 1. The standard InChI is InChI=1S/C13H16N2OS.C12H18N2O.CH3I/c1-15-8-2-3-12(15)9-16-13-6-4-11(5-7-13)14-10-17;1-14-8-2-3-11(14)9-15-12-6-4-10(13)5-7-12;1-2/h4-7,12H,2-3,8-9H2,1H3;4-7,11H,2-3,8-9,13H2,1H3;1H3/t12-;11-;/m00./s1/i;;1TD. The largest absolute Gasteiger partial charge is 0.492 e. The molecule has 2 aliphatic rings. The van der Waals surface area contributed by atoms with E-state index in [0.29, 0.717) is 12.1 Å². The van der Waals surface area contributed by atoms with Crippen LogP contribution in [0.25, 0.3) is 0 Å². The predicted octanol–water partition coefficient (Wildman–Crippen LogP) is 5.69. The third-order valence-corrected chi connectivity index (χ3v) is 6.21. The van der Waals surface area contributed by atoms with Gasteiger partial charge in [0.15, 0.2) is 0 Å². The highest BCUT2D eigenvalue weighted by Gasteiger charge is 2.21. The van der Waals surface area contributed by atoms with Gasteiger partial charge < -0.3 is 25.0 Å². The normalized spacial score (nSPS) is 21.5. The maximum atomic E-state index is 6.24. The number of nitrogen functional groups attached to an aromatic ring is 1. The van der Waals surface area contributed by atoms with Crippen molar-refractivity contribution in [3.63, 3.8) is 0 Å². The second-order valence-corrected chi connectivity index (χ2v) is 8.62. The number of aliphatic imine (C=N–C) groups is 1. The number of thiocarbonyl (C=S) groups is 1. The van der Waals surface area contributed by atoms with Gasteiger partial charge in [0.2, 0.25) is 0 Å². The van der Waals surface area contributed by atoms with Gasteiger partial charge in [-0.1, -0.05) is 22.6 Å². The SMILES string of the molecule is CN1CCC[C@H]1COc1ccc(N)cc1.CN1CCC[C@H]1COc1ccc(N=C=S)cc1.[2H]C([3H])I. The molecule has 0 amide bonds. The van der Waals surface area contributed by atoms with Crippen LogP contribution in [-0.2, 0) is 0 Å². The lowest BCUT2D eigenvalue weighted by Crippen LogP contribution is -2.30. The Balaban J connectivity index is 0.000000222. The van der Waals surface area contributed by atoms with E-state index >= 15 is 0 Å². The fourth-order valence-electron chi connectivity index (χ4n) is 4.00. The Morgan fingerprint density at radius 1 is 1.03 bits per heavy atom. The minimum absolute atomic E-state index is 0.550. The zero-order valence-electron chi connectivity index (χ0n) is 22.0. The molecule has 2 aromatic carbocycles. The second kappa shape index (κ2) is 16.1. The lowest BCUT2D eigenvalue weighted by Gasteiger charge is -2.19. The summed E-state index contributed by atoms with van der Waals surface area (Å²) >= 11 is 6.23. The monoisotopic (exact) mass is 599 g/mol. The lowest BCUT2D eigenvalue weighted by molar-refractivity contribution is 0.198. The van der Waals surface area contributed by atoms with Crippen LogP contribution < -0.4 is 15.2 Å². The van der Waals surface area contributed by atoms with Crippen molar-refractivity contribution in [3.8, 4) is 11.5 Å². The van der Waals surface area contributed by atoms with Gasteiger partial charge in [-0.3, -0.25) is 0 Å². The summed E-state index contributed by atoms with van der Waals surface area (Å²) in [5, 5.41) is 2.35. The summed E-state index contributed by atoms with van der Waals surface area (Å²) in [7, 11) is 4.31. The van der Waals surface area contributed by atoms with Crippen LogP contribution in [0.15, 0.2) is 53.5 Å². The summed E-state index contributed by atoms with van der Waals surface area (Å²) in [6, 6.07) is 16.3. The van der Waals surface area contributed by atoms with Crippen LogP contribution >= 0.6 is 34.8 Å². The molecule has 3 atom stereocenters. The molecular weight excluding hydrogens is 559 g/mol. The van der Waals surface area contributed by atoms with Gasteiger partial charge in [-0.25, -0.2) is 0 Å². The molecule has 0 aliphatic carbocycles. The highest BCUT2D eigenvalue weighted by molar-refractivity contribution is 14.1. The maximum absolute atomic E-state index is 6.24. The number of ether oxygens (including phenoxy) is 2. The second-order valence-electron chi connectivity index (χ2n) is 8.44. The molecule has 0 spiro atoms. The Kier molecular flexibility index (Phi) is 12.0. The zero-order chi connectivity index (χ0) is 26.3. The quantitative estimate of drug-likeness (QED) is 0.145. The molecule has 0 radical (unpaired) electrons. The number of hydrogen-bond donors (Lipinski definition) is 1. The first kappa shape index (κ1) is 25.4. The van der Waals surface area contributed by atoms with E-state index < -0.39 is 4.88 Å². The molecule has 8 heteroatoms. The minimum Gasteiger partial charge on any atom is -0.492 e. The molecule has 0 saturated carbocycles. The number of rotatable bonds is 7. The molecule has 2 aromatic rings. The Morgan fingerprint density at radius 2 is 1.47 bits per heavy atom. The van der Waals surface area contributed by atoms with Crippen LogP contribution in [0.1, 0.15) is 28.4 Å². The number of anilines is 1. The maximum Gasteiger partial charge on any atom is 0.119 e. The number of alkyl halides is 1. The Bertz CT molecular complexity index is 928. The van der Waals surface area contributed by atoms with Gasteiger partial charge in [0, 0.05) is 20.5 Å². The number of likely N-dealkylation sites (N-methyl/N-ethyl adjacent to an activating group) is 2. The number of hydrogen-bond acceptors (Lipinski definition) is 7. The van der Waals surface area contributed by atoms with Crippen LogP contribution in [0.5, 0.6) is 11.5 Å². The third kappa shape index (κ3) is 9.88. The third-order valence-electron chi connectivity index (χ3n) is 6.12. The molecule has 186 valence electrons. The van der Waals surface area contributed by atoms with E-state index in [1.165, 1.54) is 38.8 Å². The van der Waals surface area contributed by atoms with Crippen molar-refractivity contribution < 1.29 is 12.2 Å². The van der Waals surface area contributed by atoms with Crippen LogP contribution in [0.3, 0.4) is 0 Å². The highest BCUT2D eigenvalue weighted by atomic mass is 127. The van der Waals surface area contributed by atoms with E-state index in [0.717, 1.165) is 36.1 Å². The molecule has 0 aromatic heterocycles. The van der Waals surface area contributed by atoms with Gasteiger partial charge in [-0.2, -0.15) is 4.99 Å². The molecule has 4 rings (SSSR count). The highest BCUT2D eigenvalue weighted by Crippen LogP contribution is 2.20. The van der Waals surface area contributed by atoms with E-state index in [1.807, 2.05) is 48.5 Å². The summed E-state index contributed by atoms with van der Waals surface area (Å²) < 4.78 is 24.0. The van der Waals surface area contributed by atoms with Crippen LogP contribution in [-0.4, -0.2) is 72.3 Å². The van der Waals surface area contributed by atoms with Gasteiger partial charge in [0.05, 0.1) is 10.8 Å². The summed E-state index contributed by atoms with van der Waals surface area (Å²) in [4.78, 5) is 7.91. The molecule has 2 saturated heterocycles. The summed E-state index contributed by atoms with van der Waals surface area (Å²) in [5.41, 5.74) is 7.19. The van der Waals surface area contributed by atoms with Crippen LogP contribution in [0, 0.1) is 0 Å². The van der Waals surface area contributed by atoms with Gasteiger partial charge in [0.25, 0.3) is 0 Å². The first-order chi connectivity index (χ1) is 17.3. The average Bonchev–Trinajstić information content (AvgIpc) is 3.46. The van der Waals surface area contributed by atoms with Crippen molar-refractivity contribution >= 4 is 51.3 Å². The fourth-order valence-corrected chi connectivity index (χ4v) is 4.10. The fraction of sp³-hybridized carbons (Fsp3) is 0.500. The Hall–Kier alpha value is -1.71. The van der Waals surface area contributed by atoms with Gasteiger partial charge in [0.1, 0.15) is 24.7 Å². The first-order valence-corrected chi connectivity index (χ1v) is 13.1. The van der Waals surface area contributed by atoms with Gasteiger partial charge in [-0.05, 0) is 118 Å². The van der Waals surface area contributed by atoms with Gasteiger partial charge in [-0.15, -0.1) is 0 Å². The summed E-state index contributed by atoms with van der Waals surface area (Å²) in [6.07, 6.45) is 5.02. The van der Waals surface area contributed by atoms with E-state index in [4.69, 9.17) is 17.9 Å². The summed E-state index contributed by atoms with van der Waals surface area (Å²) in [6.45, 7) is 3.90. The molecule has 0 bridgehead atoms. The molecule has 6 nitrogen and oxygen atoms in total. The topological polar surface area (TPSA) is 63.3 Å². The van der Waals surface area contributed by atoms with Gasteiger partial charge >= 0.3 is 0 Å². The van der Waals surface area contributed by atoms with Crippen molar-refractivity contribution in [1.82, 2.24) is 9.80 Å². The number of likely N-dealkylation sites (tertiary alicyclic amines) is 2. The number of benzene rings is 2. The average molecular weight is 600 g/mol. The number of nitrogens with two attached hydrogens (primary N) is 1. The first-order valence-electron chi connectivity index (χ1n) is 12.6. The van der Waals surface area contributed by atoms with Crippen LogP contribution in [0.2, 0.25) is 0 Å². The smallest absolute Gasteiger partial charge is 0.119 e. The molecule has 2 heterocycles. The zero-order valence-corrected chi connectivity index (χ0v) is 23.0. The van der Waals surface area contributed by atoms with E-state index in [-0.39, 0.29) is 0 Å². The predicted molar refractivity (Wildman–Crippen MR) is 154 cm³/mol. The minimum atomic E-state index is -0.697.